The molecule has 1 N–H and O–H groups in total. The van der Waals surface area contributed by atoms with Crippen LogP contribution in [0.15, 0.2) is 24.3 Å². The smallest absolute Gasteiger partial charge is 0.462 e. The second-order valence-electron chi connectivity index (χ2n) is 24.9. The topological polar surface area (TPSA) is 108 Å². The van der Waals surface area contributed by atoms with Gasteiger partial charge in [-0.2, -0.15) is 0 Å². The van der Waals surface area contributed by atoms with Gasteiger partial charge in [0.25, 0.3) is 0 Å². The van der Waals surface area contributed by atoms with E-state index in [9.17, 15) is 19.0 Å². The van der Waals surface area contributed by atoms with E-state index in [4.69, 9.17) is 18.5 Å². The molecule has 0 saturated heterocycles. The van der Waals surface area contributed by atoms with E-state index in [-0.39, 0.29) is 25.6 Å². The van der Waals surface area contributed by atoms with Crippen molar-refractivity contribution >= 4 is 19.8 Å². The van der Waals surface area contributed by atoms with Gasteiger partial charge in [0.2, 0.25) is 0 Å². The van der Waals surface area contributed by atoms with Crippen LogP contribution in [0, 0.1) is 0 Å². The summed E-state index contributed by atoms with van der Waals surface area (Å²) in [5, 5.41) is 0. The van der Waals surface area contributed by atoms with Crippen LogP contribution in [0.5, 0.6) is 0 Å². The summed E-state index contributed by atoms with van der Waals surface area (Å²) >= 11 is 0. The van der Waals surface area contributed by atoms with Gasteiger partial charge in [-0.25, -0.2) is 4.57 Å². The Kier molecular flexibility index (Phi) is 59.9. The van der Waals surface area contributed by atoms with Crippen LogP contribution in [0.2, 0.25) is 0 Å². The number of hydrogen-bond acceptors (Lipinski definition) is 7. The monoisotopic (exact) mass is 1140 g/mol. The van der Waals surface area contributed by atoms with Gasteiger partial charge in [0.15, 0.2) is 6.10 Å². The molecule has 9 nitrogen and oxygen atoms in total. The van der Waals surface area contributed by atoms with E-state index in [1.807, 2.05) is 21.1 Å². The van der Waals surface area contributed by atoms with Crippen molar-refractivity contribution in [2.24, 2.45) is 0 Å². The summed E-state index contributed by atoms with van der Waals surface area (Å²) in [5.41, 5.74) is 0. The molecule has 2 atom stereocenters. The highest BCUT2D eigenvalue weighted by molar-refractivity contribution is 7.47. The van der Waals surface area contributed by atoms with E-state index in [0.29, 0.717) is 23.9 Å². The van der Waals surface area contributed by atoms with Gasteiger partial charge in [-0.3, -0.25) is 18.6 Å². The number of esters is 2. The fourth-order valence-electron chi connectivity index (χ4n) is 10.4. The Morgan fingerprint density at radius 2 is 0.684 bits per heavy atom. The standard InChI is InChI=1S/C69H134NO8P/c1-6-8-10-12-14-16-18-20-22-24-26-28-29-30-31-32-33-34-35-36-37-38-39-40-42-43-45-47-49-51-53-55-57-59-61-68(71)75-65-67(66-77-79(73,74)76-64-63-70(3,4)5)78-69(72)62-60-58-56-54-52-50-48-46-44-41-27-25-23-21-19-17-15-13-11-9-7-2/h19,21,25,27,67H,6-18,20,22-24,26,28-66H2,1-5H3/p+1/b21-19-,27-25-. The van der Waals surface area contributed by atoms with Crippen LogP contribution in [0.1, 0.15) is 354 Å². The average molecular weight is 1140 g/mol. The number of unbranched alkanes of at least 4 members (excludes halogenated alkanes) is 47. The van der Waals surface area contributed by atoms with Gasteiger partial charge in [0.05, 0.1) is 27.7 Å². The highest BCUT2D eigenvalue weighted by Gasteiger charge is 2.27. The maximum atomic E-state index is 12.8. The maximum Gasteiger partial charge on any atom is 0.472 e. The molecule has 0 radical (unpaired) electrons. The fraction of sp³-hybridized carbons (Fsp3) is 0.913. The molecule has 0 aliphatic heterocycles. The van der Waals surface area contributed by atoms with Gasteiger partial charge < -0.3 is 18.9 Å². The van der Waals surface area contributed by atoms with Gasteiger partial charge in [-0.1, -0.05) is 321 Å². The van der Waals surface area contributed by atoms with Crippen LogP contribution in [-0.2, 0) is 32.7 Å². The lowest BCUT2D eigenvalue weighted by molar-refractivity contribution is -0.870. The third-order valence-electron chi connectivity index (χ3n) is 15.7. The molecule has 0 bridgehead atoms. The van der Waals surface area contributed by atoms with Crippen LogP contribution in [-0.4, -0.2) is 74.9 Å². The largest absolute Gasteiger partial charge is 0.472 e. The SMILES string of the molecule is CCCCCCC/C=C\C/C=C\CCCCCCCCCCCC(=O)OC(COC(=O)CCCCCCCCCCCCCCCCCCCCCCCCCCCCCCCCCCCC)COP(=O)(O)OCC[N+](C)(C)C. The number of phosphoric ester groups is 1. The van der Waals surface area contributed by atoms with Crippen molar-refractivity contribution in [2.45, 2.75) is 360 Å². The summed E-state index contributed by atoms with van der Waals surface area (Å²) in [4.78, 5) is 35.8. The molecule has 79 heavy (non-hydrogen) atoms. The zero-order valence-corrected chi connectivity index (χ0v) is 54.3. The zero-order valence-electron chi connectivity index (χ0n) is 53.4. The second kappa shape index (κ2) is 61.1. The highest BCUT2D eigenvalue weighted by atomic mass is 31.2. The molecule has 0 fully saturated rings. The predicted octanol–water partition coefficient (Wildman–Crippen LogP) is 22.1. The third kappa shape index (κ3) is 65.5. The van der Waals surface area contributed by atoms with Gasteiger partial charge >= 0.3 is 19.8 Å². The Bertz CT molecular complexity index is 1380. The van der Waals surface area contributed by atoms with Crippen molar-refractivity contribution in [2.75, 3.05) is 47.5 Å². The Hall–Kier alpha value is -1.51. The number of ether oxygens (including phenoxy) is 2. The molecule has 0 heterocycles. The van der Waals surface area contributed by atoms with E-state index >= 15 is 0 Å². The van der Waals surface area contributed by atoms with Crippen LogP contribution in [0.3, 0.4) is 0 Å². The Morgan fingerprint density at radius 3 is 1.00 bits per heavy atom. The van der Waals surface area contributed by atoms with E-state index in [0.717, 1.165) is 44.9 Å². The molecule has 0 rings (SSSR count). The summed E-state index contributed by atoms with van der Waals surface area (Å²) in [6.07, 6.45) is 75.8. The van der Waals surface area contributed by atoms with Crippen LogP contribution >= 0.6 is 7.82 Å². The first-order valence-corrected chi connectivity index (χ1v) is 36.1. The number of quaternary nitrogens is 1. The number of carbonyl (C=O) groups excluding carboxylic acids is 2. The van der Waals surface area contributed by atoms with Gasteiger partial charge in [-0.05, 0) is 44.9 Å². The number of carbonyl (C=O) groups is 2. The molecule has 0 aliphatic carbocycles. The van der Waals surface area contributed by atoms with Gasteiger partial charge in [-0.15, -0.1) is 0 Å². The Morgan fingerprint density at radius 1 is 0.392 bits per heavy atom. The molecule has 10 heteroatoms. The van der Waals surface area contributed by atoms with Crippen molar-refractivity contribution in [1.29, 1.82) is 0 Å². The third-order valence-corrected chi connectivity index (χ3v) is 16.7. The first-order valence-electron chi connectivity index (χ1n) is 34.6. The quantitative estimate of drug-likeness (QED) is 0.0211. The minimum Gasteiger partial charge on any atom is -0.462 e. The highest BCUT2D eigenvalue weighted by Crippen LogP contribution is 2.43. The van der Waals surface area contributed by atoms with E-state index in [2.05, 4.69) is 38.2 Å². The number of allylic oxidation sites excluding steroid dienone is 4. The number of phosphoric acid groups is 1. The minimum absolute atomic E-state index is 0.0334. The summed E-state index contributed by atoms with van der Waals surface area (Å²) in [5.74, 6) is -0.782. The van der Waals surface area contributed by atoms with E-state index in [1.165, 1.54) is 276 Å². The minimum atomic E-state index is -4.39. The number of rotatable bonds is 65. The molecule has 468 valence electrons. The molecule has 0 amide bonds. The fourth-order valence-corrected chi connectivity index (χ4v) is 11.1. The normalized spacial score (nSPS) is 13.2. The molecule has 0 aromatic carbocycles. The van der Waals surface area contributed by atoms with E-state index < -0.39 is 26.5 Å². The van der Waals surface area contributed by atoms with Crippen LogP contribution in [0.25, 0.3) is 0 Å². The van der Waals surface area contributed by atoms with Crippen molar-refractivity contribution in [1.82, 2.24) is 0 Å². The van der Waals surface area contributed by atoms with Crippen LogP contribution < -0.4 is 0 Å². The van der Waals surface area contributed by atoms with Crippen LogP contribution in [0.4, 0.5) is 0 Å². The van der Waals surface area contributed by atoms with Gasteiger partial charge in [0.1, 0.15) is 19.8 Å². The number of nitrogens with zero attached hydrogens (tertiary/aromatic N) is 1. The maximum absolute atomic E-state index is 12.8. The molecule has 0 spiro atoms. The first kappa shape index (κ1) is 77.5. The second-order valence-corrected chi connectivity index (χ2v) is 26.4. The summed E-state index contributed by atoms with van der Waals surface area (Å²) < 4.78 is 34.7. The Balaban J connectivity index is 3.95. The lowest BCUT2D eigenvalue weighted by atomic mass is 10.0. The molecule has 0 saturated carbocycles. The number of likely N-dealkylation sites (N-methyl/N-ethyl adjacent to an activating group) is 1. The van der Waals surface area contributed by atoms with Crippen molar-refractivity contribution in [3.8, 4) is 0 Å². The summed E-state index contributed by atoms with van der Waals surface area (Å²) in [6, 6.07) is 0. The molecular formula is C69H135NO8P+. The van der Waals surface area contributed by atoms with Crippen molar-refractivity contribution in [3.63, 3.8) is 0 Å². The lowest BCUT2D eigenvalue weighted by Gasteiger charge is -2.24. The Labute approximate surface area is 491 Å². The summed E-state index contributed by atoms with van der Waals surface area (Å²) in [6.45, 7) is 4.49. The average Bonchev–Trinajstić information content (AvgIpc) is 3.41. The van der Waals surface area contributed by atoms with Crippen molar-refractivity contribution < 1.29 is 42.1 Å². The summed E-state index contributed by atoms with van der Waals surface area (Å²) in [7, 11) is 1.49. The van der Waals surface area contributed by atoms with Gasteiger partial charge in [0, 0.05) is 12.8 Å². The predicted molar refractivity (Wildman–Crippen MR) is 340 cm³/mol. The molecular weight excluding hydrogens is 1000 g/mol. The lowest BCUT2D eigenvalue weighted by Crippen LogP contribution is -2.37. The first-order chi connectivity index (χ1) is 38.5. The van der Waals surface area contributed by atoms with E-state index in [1.54, 1.807) is 0 Å². The molecule has 0 aromatic heterocycles. The number of hydrogen-bond donors (Lipinski definition) is 1. The zero-order chi connectivity index (χ0) is 57.7. The molecule has 0 aromatic rings. The molecule has 2 unspecified atom stereocenters. The molecule has 0 aliphatic rings. The van der Waals surface area contributed by atoms with Crippen molar-refractivity contribution in [3.05, 3.63) is 24.3 Å².